The summed E-state index contributed by atoms with van der Waals surface area (Å²) in [5, 5.41) is 2.81. The molecule has 2 amide bonds. The first kappa shape index (κ1) is 25.4. The van der Waals surface area contributed by atoms with Crippen molar-refractivity contribution in [3.63, 3.8) is 0 Å². The third kappa shape index (κ3) is 6.20. The van der Waals surface area contributed by atoms with Gasteiger partial charge in [-0.2, -0.15) is 4.57 Å². The summed E-state index contributed by atoms with van der Waals surface area (Å²) in [5.74, 6) is 0.528. The number of hydrogen-bond acceptors (Lipinski definition) is 3. The standard InChI is InChI=1S/C22H20Cl3N3O2S.BrH/c23-22(24,25)11-17-8-4-5-9-27(17)12-16-13-28-20(30)19(21(28)31-14-16)26-18(29)10-15-6-2-1-3-7-15;/h1-9,13,19,21H,10-12,14H2;1H/t19-,21-;/m1./s1. The summed E-state index contributed by atoms with van der Waals surface area (Å²) >= 11 is 19.6. The van der Waals surface area contributed by atoms with Crippen LogP contribution in [-0.4, -0.2) is 37.7 Å². The lowest BCUT2D eigenvalue weighted by Crippen LogP contribution is -3.00. The smallest absolute Gasteiger partial charge is 0.253 e. The third-order valence-corrected chi connectivity index (χ3v) is 6.93. The van der Waals surface area contributed by atoms with Gasteiger partial charge in [0.1, 0.15) is 11.4 Å². The van der Waals surface area contributed by atoms with Crippen molar-refractivity contribution in [1.82, 2.24) is 10.2 Å². The van der Waals surface area contributed by atoms with E-state index < -0.39 is 9.83 Å². The number of benzene rings is 1. The average molecular weight is 578 g/mol. The topological polar surface area (TPSA) is 53.3 Å². The average Bonchev–Trinajstić information content (AvgIpc) is 2.73. The Morgan fingerprint density at radius 2 is 1.88 bits per heavy atom. The zero-order valence-electron chi connectivity index (χ0n) is 16.9. The van der Waals surface area contributed by atoms with Gasteiger partial charge < -0.3 is 27.2 Å². The van der Waals surface area contributed by atoms with E-state index in [0.717, 1.165) is 22.6 Å². The molecule has 5 nitrogen and oxygen atoms in total. The van der Waals surface area contributed by atoms with Gasteiger partial charge in [-0.25, -0.2) is 0 Å². The Morgan fingerprint density at radius 1 is 1.16 bits per heavy atom. The number of rotatable bonds is 6. The maximum absolute atomic E-state index is 12.6. The van der Waals surface area contributed by atoms with Crippen LogP contribution in [0.2, 0.25) is 0 Å². The van der Waals surface area contributed by atoms with E-state index in [1.165, 1.54) is 0 Å². The molecule has 0 bridgehead atoms. The second-order valence-corrected chi connectivity index (χ2v) is 11.2. The Kier molecular flexibility index (Phi) is 8.55. The van der Waals surface area contributed by atoms with Gasteiger partial charge >= 0.3 is 0 Å². The second kappa shape index (κ2) is 10.8. The summed E-state index contributed by atoms with van der Waals surface area (Å²) in [6.45, 7) is 0.603. The number of hydrogen-bond donors (Lipinski definition) is 1. The van der Waals surface area contributed by atoms with Gasteiger partial charge in [0.05, 0.1) is 12.8 Å². The Morgan fingerprint density at radius 3 is 2.59 bits per heavy atom. The van der Waals surface area contributed by atoms with Crippen LogP contribution >= 0.6 is 46.6 Å². The molecule has 2 aromatic rings. The lowest BCUT2D eigenvalue weighted by atomic mass is 10.1. The third-order valence-electron chi connectivity index (χ3n) is 5.15. The van der Waals surface area contributed by atoms with Gasteiger partial charge in [0.15, 0.2) is 22.2 Å². The lowest BCUT2D eigenvalue weighted by molar-refractivity contribution is -0.696. The Hall–Kier alpha value is -1.25. The normalized spacial score (nSPS) is 19.9. The molecule has 0 saturated carbocycles. The molecule has 2 aliphatic rings. The molecule has 0 aliphatic carbocycles. The van der Waals surface area contributed by atoms with Crippen LogP contribution in [0.25, 0.3) is 0 Å². The molecule has 1 fully saturated rings. The highest BCUT2D eigenvalue weighted by Gasteiger charge is 2.49. The fourth-order valence-corrected chi connectivity index (χ4v) is 5.37. The van der Waals surface area contributed by atoms with Crippen LogP contribution in [0.5, 0.6) is 0 Å². The zero-order chi connectivity index (χ0) is 22.0. The number of halogens is 4. The largest absolute Gasteiger partial charge is 1.00 e. The van der Waals surface area contributed by atoms with Crippen LogP contribution in [0.1, 0.15) is 11.3 Å². The van der Waals surface area contributed by atoms with Gasteiger partial charge in [-0.1, -0.05) is 71.2 Å². The number of pyridine rings is 1. The van der Waals surface area contributed by atoms with Crippen molar-refractivity contribution in [3.05, 3.63) is 77.8 Å². The maximum atomic E-state index is 12.6. The van der Waals surface area contributed by atoms with Crippen molar-refractivity contribution in [3.8, 4) is 0 Å². The van der Waals surface area contributed by atoms with E-state index in [-0.39, 0.29) is 40.6 Å². The van der Waals surface area contributed by atoms with Crippen LogP contribution in [0.4, 0.5) is 0 Å². The first-order valence-corrected chi connectivity index (χ1v) is 12.0. The highest BCUT2D eigenvalue weighted by Crippen LogP contribution is 2.36. The molecule has 3 heterocycles. The fourth-order valence-electron chi connectivity index (χ4n) is 3.70. The monoisotopic (exact) mass is 575 g/mol. The molecule has 4 rings (SSSR count). The summed E-state index contributed by atoms with van der Waals surface area (Å²) in [5.41, 5.74) is 2.91. The Balaban J connectivity index is 0.00000289. The molecule has 1 aromatic heterocycles. The molecule has 2 atom stereocenters. The first-order valence-electron chi connectivity index (χ1n) is 9.81. The fraction of sp³-hybridized carbons (Fsp3) is 0.318. The van der Waals surface area contributed by atoms with E-state index in [1.54, 1.807) is 16.7 Å². The summed E-state index contributed by atoms with van der Waals surface area (Å²) in [4.78, 5) is 26.7. The van der Waals surface area contributed by atoms with E-state index >= 15 is 0 Å². The molecule has 170 valence electrons. The molecule has 1 saturated heterocycles. The molecule has 10 heteroatoms. The zero-order valence-corrected chi connectivity index (χ0v) is 21.6. The van der Waals surface area contributed by atoms with Gasteiger partial charge in [-0.15, -0.1) is 11.8 Å². The number of carbonyl (C=O) groups excluding carboxylic acids is 2. The van der Waals surface area contributed by atoms with Crippen LogP contribution in [0, 0.1) is 0 Å². The molecule has 2 aliphatic heterocycles. The summed E-state index contributed by atoms with van der Waals surface area (Å²) in [6, 6.07) is 14.8. The number of amides is 2. The highest BCUT2D eigenvalue weighted by molar-refractivity contribution is 8.00. The Bertz CT molecular complexity index is 1020. The quantitative estimate of drug-likeness (QED) is 0.308. The van der Waals surface area contributed by atoms with Gasteiger partial charge in [-0.05, 0) is 5.56 Å². The van der Waals surface area contributed by atoms with Crippen molar-refractivity contribution in [2.24, 2.45) is 0 Å². The summed E-state index contributed by atoms with van der Waals surface area (Å²) < 4.78 is 0.653. The predicted octanol–water partition coefficient (Wildman–Crippen LogP) is 0.417. The minimum absolute atomic E-state index is 0. The number of thioether (sulfide) groups is 1. The molecule has 32 heavy (non-hydrogen) atoms. The molecule has 1 aromatic carbocycles. The number of alkyl halides is 3. The van der Waals surface area contributed by atoms with Gasteiger partial charge in [0.25, 0.3) is 5.91 Å². The van der Waals surface area contributed by atoms with Crippen molar-refractivity contribution in [2.75, 3.05) is 5.75 Å². The number of nitrogens with zero attached hydrogens (tertiary/aromatic N) is 2. The van der Waals surface area contributed by atoms with Crippen molar-refractivity contribution < 1.29 is 31.1 Å². The lowest BCUT2D eigenvalue weighted by Gasteiger charge is -2.47. The Labute approximate surface area is 216 Å². The molecule has 0 radical (unpaired) electrons. The molecular formula is C22H21BrCl3N3O2S. The van der Waals surface area contributed by atoms with E-state index in [9.17, 15) is 9.59 Å². The maximum Gasteiger partial charge on any atom is 0.253 e. The molecule has 0 spiro atoms. The first-order chi connectivity index (χ1) is 14.8. The van der Waals surface area contributed by atoms with Crippen molar-refractivity contribution in [1.29, 1.82) is 0 Å². The van der Waals surface area contributed by atoms with Crippen LogP contribution < -0.4 is 26.9 Å². The number of nitrogens with one attached hydrogen (secondary N) is 1. The molecule has 1 N–H and O–H groups in total. The molecular weight excluding hydrogens is 557 g/mol. The predicted molar refractivity (Wildman–Crippen MR) is 124 cm³/mol. The highest BCUT2D eigenvalue weighted by atomic mass is 79.9. The van der Waals surface area contributed by atoms with Gasteiger partial charge in [0.2, 0.25) is 5.91 Å². The number of fused-ring (bicyclic) bond motifs is 1. The number of carbonyl (C=O) groups is 2. The van der Waals surface area contributed by atoms with Crippen molar-refractivity contribution in [2.45, 2.75) is 34.6 Å². The SMILES string of the molecule is O=C(Cc1ccccc1)N[C@@H]1C(=O)N2C=C(C[n+]3ccccc3CC(Cl)(Cl)Cl)CS[C@H]12.[Br-]. The van der Waals surface area contributed by atoms with Gasteiger partial charge in [0, 0.05) is 29.7 Å². The minimum Gasteiger partial charge on any atom is -1.00 e. The second-order valence-electron chi connectivity index (χ2n) is 7.55. The van der Waals surface area contributed by atoms with E-state index in [2.05, 4.69) is 5.32 Å². The van der Waals surface area contributed by atoms with E-state index in [1.807, 2.05) is 65.5 Å². The van der Waals surface area contributed by atoms with Crippen LogP contribution in [0.15, 0.2) is 66.5 Å². The van der Waals surface area contributed by atoms with Crippen LogP contribution in [-0.2, 0) is 29.0 Å². The molecule has 0 unspecified atom stereocenters. The van der Waals surface area contributed by atoms with Crippen LogP contribution in [0.3, 0.4) is 0 Å². The van der Waals surface area contributed by atoms with Crippen molar-refractivity contribution >= 4 is 58.4 Å². The van der Waals surface area contributed by atoms with E-state index in [0.29, 0.717) is 13.0 Å². The van der Waals surface area contributed by atoms with Gasteiger partial charge in [-0.3, -0.25) is 9.59 Å². The summed E-state index contributed by atoms with van der Waals surface area (Å²) in [7, 11) is 0. The number of β-lactam (4-membered cyclic amide) rings is 1. The number of aromatic nitrogens is 1. The van der Waals surface area contributed by atoms with E-state index in [4.69, 9.17) is 34.8 Å². The summed E-state index contributed by atoms with van der Waals surface area (Å²) in [6.07, 6.45) is 4.38. The minimum atomic E-state index is -1.37.